The summed E-state index contributed by atoms with van der Waals surface area (Å²) in [5.41, 5.74) is 6.64. The second kappa shape index (κ2) is 11.9. The maximum atomic E-state index is 13.9. The predicted molar refractivity (Wildman–Crippen MR) is 160 cm³/mol. The monoisotopic (exact) mass is 576 g/mol. The van der Waals surface area contributed by atoms with E-state index in [0.717, 1.165) is 10.9 Å². The van der Waals surface area contributed by atoms with Gasteiger partial charge in [-0.05, 0) is 38.3 Å². The summed E-state index contributed by atoms with van der Waals surface area (Å²) in [6.45, 7) is 10.8. The zero-order valence-electron chi connectivity index (χ0n) is 25.3. The Kier molecular flexibility index (Phi) is 8.65. The van der Waals surface area contributed by atoms with E-state index in [1.54, 1.807) is 27.9 Å². The quantitative estimate of drug-likeness (QED) is 0.417. The number of likely N-dealkylation sites (tertiary alicyclic amines) is 1. The zero-order chi connectivity index (χ0) is 30.8. The molecule has 0 spiro atoms. The summed E-state index contributed by atoms with van der Waals surface area (Å²) in [7, 11) is 1.59. The van der Waals surface area contributed by atoms with Crippen molar-refractivity contribution in [2.45, 2.75) is 71.8 Å². The Balaban J connectivity index is 1.65. The molecule has 0 bridgehead atoms. The first-order chi connectivity index (χ1) is 19.7. The number of alkyl carbamates (subject to hydrolysis) is 1. The van der Waals surface area contributed by atoms with Crippen LogP contribution in [0.4, 0.5) is 4.79 Å². The number of aromatic nitrogens is 1. The largest absolute Gasteiger partial charge is 0.497 e. The van der Waals surface area contributed by atoms with Crippen molar-refractivity contribution in [2.24, 2.45) is 11.1 Å². The molecule has 0 aliphatic carbocycles. The van der Waals surface area contributed by atoms with E-state index >= 15 is 0 Å². The highest BCUT2D eigenvalue weighted by molar-refractivity contribution is 5.92. The molecular weight excluding hydrogens is 536 g/mol. The van der Waals surface area contributed by atoms with Gasteiger partial charge >= 0.3 is 6.09 Å². The smallest absolute Gasteiger partial charge is 0.408 e. The van der Waals surface area contributed by atoms with Crippen LogP contribution in [0.3, 0.4) is 0 Å². The van der Waals surface area contributed by atoms with E-state index in [0.29, 0.717) is 22.7 Å². The molecule has 3 aromatic rings. The highest BCUT2D eigenvalue weighted by Crippen LogP contribution is 2.35. The summed E-state index contributed by atoms with van der Waals surface area (Å²) < 4.78 is 17.3. The van der Waals surface area contributed by atoms with Crippen LogP contribution < -0.4 is 20.5 Å². The first-order valence-electron chi connectivity index (χ1n) is 14.0. The van der Waals surface area contributed by atoms with Crippen molar-refractivity contribution < 1.29 is 28.6 Å². The average molecular weight is 577 g/mol. The average Bonchev–Trinajstić information content (AvgIpc) is 3.34. The number of primary amides is 1. The number of ether oxygens (including phenoxy) is 3. The van der Waals surface area contributed by atoms with Gasteiger partial charge in [-0.15, -0.1) is 0 Å². The molecule has 1 fully saturated rings. The molecule has 1 unspecified atom stereocenters. The fourth-order valence-electron chi connectivity index (χ4n) is 4.97. The Morgan fingerprint density at radius 3 is 2.31 bits per heavy atom. The number of hydrogen-bond acceptors (Lipinski definition) is 7. The number of carbonyl (C=O) groups excluding carboxylic acids is 3. The van der Waals surface area contributed by atoms with Crippen molar-refractivity contribution >= 4 is 28.8 Å². The van der Waals surface area contributed by atoms with Crippen molar-refractivity contribution in [3.63, 3.8) is 0 Å². The van der Waals surface area contributed by atoms with Crippen LogP contribution in [0.15, 0.2) is 54.6 Å². The normalized spacial score (nSPS) is 17.9. The molecule has 1 aliphatic rings. The van der Waals surface area contributed by atoms with E-state index in [-0.39, 0.29) is 13.0 Å². The Hall–Kier alpha value is -4.34. The highest BCUT2D eigenvalue weighted by Gasteiger charge is 2.45. The van der Waals surface area contributed by atoms with Gasteiger partial charge in [-0.1, -0.05) is 51.1 Å². The molecule has 10 heteroatoms. The molecule has 1 aromatic heterocycles. The van der Waals surface area contributed by atoms with Gasteiger partial charge in [0, 0.05) is 29.5 Å². The lowest BCUT2D eigenvalue weighted by Crippen LogP contribution is -2.58. The number of pyridine rings is 1. The van der Waals surface area contributed by atoms with E-state index in [1.807, 2.05) is 75.4 Å². The minimum Gasteiger partial charge on any atom is -0.497 e. The van der Waals surface area contributed by atoms with Crippen LogP contribution in [0.1, 0.15) is 48.0 Å². The fourth-order valence-corrected chi connectivity index (χ4v) is 4.97. The summed E-state index contributed by atoms with van der Waals surface area (Å²) in [5.74, 6) is 0.137. The van der Waals surface area contributed by atoms with E-state index in [4.69, 9.17) is 24.9 Å². The van der Waals surface area contributed by atoms with Gasteiger partial charge in [0.05, 0.1) is 24.9 Å². The Labute approximate surface area is 246 Å². The van der Waals surface area contributed by atoms with E-state index in [9.17, 15) is 14.4 Å². The number of rotatable bonds is 7. The topological polar surface area (TPSA) is 133 Å². The van der Waals surface area contributed by atoms with Crippen molar-refractivity contribution in [1.29, 1.82) is 0 Å². The number of methoxy groups -OCH3 is 1. The highest BCUT2D eigenvalue weighted by atomic mass is 16.6. The van der Waals surface area contributed by atoms with E-state index in [1.165, 1.54) is 4.90 Å². The van der Waals surface area contributed by atoms with Crippen molar-refractivity contribution in [2.75, 3.05) is 13.7 Å². The molecule has 10 nitrogen and oxygen atoms in total. The molecule has 0 radical (unpaired) electrons. The molecule has 42 heavy (non-hydrogen) atoms. The number of benzene rings is 2. The van der Waals surface area contributed by atoms with Crippen LogP contribution in [0.2, 0.25) is 0 Å². The summed E-state index contributed by atoms with van der Waals surface area (Å²) in [4.78, 5) is 45.3. The standard InChI is InChI=1S/C32H40N4O6/c1-31(2,3)27(35-30(39)42-32(4,5)6)29(38)36-18-21(16-25(36)28(33)37)41-26-17-23(19-11-9-8-10-12-19)34-24-15-20(40-7)13-14-22(24)26/h8-15,17,21,25,27H,16,18H2,1-7H3,(H2,33,37)(H,35,39)/t21-,25?,27-/m1/s1. The van der Waals surface area contributed by atoms with Crippen LogP contribution in [0, 0.1) is 5.41 Å². The fraction of sp³-hybridized carbons (Fsp3) is 0.438. The van der Waals surface area contributed by atoms with Gasteiger partial charge < -0.3 is 30.2 Å². The lowest BCUT2D eigenvalue weighted by atomic mass is 9.85. The molecule has 3 amide bonds. The third-order valence-electron chi connectivity index (χ3n) is 6.99. The summed E-state index contributed by atoms with van der Waals surface area (Å²) in [6.07, 6.45) is -1.05. The second-order valence-electron chi connectivity index (χ2n) is 12.6. The molecule has 224 valence electrons. The van der Waals surface area contributed by atoms with Crippen molar-refractivity contribution in [1.82, 2.24) is 15.2 Å². The molecule has 2 heterocycles. The minimum absolute atomic E-state index is 0.107. The van der Waals surface area contributed by atoms with Crippen LogP contribution in [-0.4, -0.2) is 65.2 Å². The number of carbonyl (C=O) groups is 3. The van der Waals surface area contributed by atoms with Gasteiger partial charge in [0.25, 0.3) is 0 Å². The number of fused-ring (bicyclic) bond motifs is 1. The SMILES string of the molecule is COc1ccc2c(O[C@@H]3CC(C(N)=O)N(C(=O)[C@@H](NC(=O)OC(C)(C)C)C(C)(C)C)C3)cc(-c3ccccc3)nc2c1. The van der Waals surface area contributed by atoms with Crippen LogP contribution in [-0.2, 0) is 14.3 Å². The Bertz CT molecular complexity index is 1460. The van der Waals surface area contributed by atoms with Gasteiger partial charge in [-0.3, -0.25) is 9.59 Å². The van der Waals surface area contributed by atoms with Gasteiger partial charge in [-0.25, -0.2) is 9.78 Å². The predicted octanol–water partition coefficient (Wildman–Crippen LogP) is 4.68. The van der Waals surface area contributed by atoms with Gasteiger partial charge in [0.1, 0.15) is 35.3 Å². The third-order valence-corrected chi connectivity index (χ3v) is 6.99. The molecule has 1 aliphatic heterocycles. The summed E-state index contributed by atoms with van der Waals surface area (Å²) in [5, 5.41) is 3.47. The van der Waals surface area contributed by atoms with Crippen LogP contribution in [0.25, 0.3) is 22.2 Å². The summed E-state index contributed by atoms with van der Waals surface area (Å²) in [6, 6.07) is 15.2. The minimum atomic E-state index is -0.966. The van der Waals surface area contributed by atoms with Gasteiger partial charge in [-0.2, -0.15) is 0 Å². The van der Waals surface area contributed by atoms with Crippen molar-refractivity contribution in [3.8, 4) is 22.8 Å². The van der Waals surface area contributed by atoms with Crippen LogP contribution in [0.5, 0.6) is 11.5 Å². The Morgan fingerprint density at radius 2 is 1.71 bits per heavy atom. The number of nitrogens with two attached hydrogens (primary N) is 1. The first kappa shape index (κ1) is 30.6. The molecule has 0 saturated carbocycles. The molecule has 1 saturated heterocycles. The number of amides is 3. The van der Waals surface area contributed by atoms with Crippen LogP contribution >= 0.6 is 0 Å². The maximum absolute atomic E-state index is 13.9. The number of nitrogens with one attached hydrogen (secondary N) is 1. The molecule has 3 atom stereocenters. The molecule has 4 rings (SSSR count). The van der Waals surface area contributed by atoms with E-state index < -0.39 is 47.1 Å². The third kappa shape index (κ3) is 7.10. The molecule has 2 aromatic carbocycles. The second-order valence-corrected chi connectivity index (χ2v) is 12.6. The zero-order valence-corrected chi connectivity index (χ0v) is 25.3. The van der Waals surface area contributed by atoms with Gasteiger partial charge in [0.15, 0.2) is 0 Å². The van der Waals surface area contributed by atoms with E-state index in [2.05, 4.69) is 5.32 Å². The summed E-state index contributed by atoms with van der Waals surface area (Å²) >= 11 is 0. The van der Waals surface area contributed by atoms with Gasteiger partial charge in [0.2, 0.25) is 11.8 Å². The maximum Gasteiger partial charge on any atom is 0.408 e. The number of nitrogens with zero attached hydrogens (tertiary/aromatic N) is 2. The van der Waals surface area contributed by atoms with Crippen molar-refractivity contribution in [3.05, 3.63) is 54.6 Å². The lowest BCUT2D eigenvalue weighted by molar-refractivity contribution is -0.141. The Morgan fingerprint density at radius 1 is 1.02 bits per heavy atom. The molecule has 3 N–H and O–H groups in total. The number of hydrogen-bond donors (Lipinski definition) is 2. The first-order valence-corrected chi connectivity index (χ1v) is 14.0. The lowest BCUT2D eigenvalue weighted by Gasteiger charge is -2.35. The molecular formula is C32H40N4O6.